The summed E-state index contributed by atoms with van der Waals surface area (Å²) in [5.41, 5.74) is 2.88. The molecule has 0 radical (unpaired) electrons. The molecule has 2 aromatic carbocycles. The van der Waals surface area contributed by atoms with Crippen molar-refractivity contribution in [1.29, 1.82) is 0 Å². The monoisotopic (exact) mass is 352 g/mol. The van der Waals surface area contributed by atoms with E-state index in [1.54, 1.807) is 12.1 Å². The highest BCUT2D eigenvalue weighted by molar-refractivity contribution is 6.55. The van der Waals surface area contributed by atoms with Crippen LogP contribution in [0.2, 0.25) is 0 Å². The molecule has 26 heavy (non-hydrogen) atoms. The molecule has 0 unspecified atom stereocenters. The molecule has 0 aliphatic carbocycles. The molecule has 2 N–H and O–H groups in total. The van der Waals surface area contributed by atoms with Gasteiger partial charge in [0.1, 0.15) is 5.75 Å². The molecule has 5 heteroatoms. The molecule has 2 aromatic rings. The van der Waals surface area contributed by atoms with Gasteiger partial charge in [-0.2, -0.15) is 0 Å². The van der Waals surface area contributed by atoms with Crippen molar-refractivity contribution in [3.63, 3.8) is 0 Å². The molecule has 1 saturated heterocycles. The van der Waals surface area contributed by atoms with E-state index >= 15 is 0 Å². The van der Waals surface area contributed by atoms with Crippen molar-refractivity contribution in [3.8, 4) is 16.9 Å². The van der Waals surface area contributed by atoms with Crippen LogP contribution in [0.5, 0.6) is 5.75 Å². The van der Waals surface area contributed by atoms with Gasteiger partial charge in [0.2, 0.25) is 0 Å². The Balaban J connectivity index is 1.81. The Morgan fingerprint density at radius 2 is 1.35 bits per heavy atom. The van der Waals surface area contributed by atoms with Crippen LogP contribution in [-0.2, 0) is 9.31 Å². The van der Waals surface area contributed by atoms with Crippen LogP contribution >= 0.6 is 0 Å². The summed E-state index contributed by atoms with van der Waals surface area (Å²) in [5.74, 6) is 0.253. The highest BCUT2D eigenvalue weighted by atomic mass is 16.7. The van der Waals surface area contributed by atoms with Crippen LogP contribution in [0.25, 0.3) is 17.2 Å². The number of benzene rings is 2. The zero-order valence-electron chi connectivity index (χ0n) is 15.7. The van der Waals surface area contributed by atoms with Gasteiger partial charge >= 0.3 is 7.12 Å². The maximum atomic E-state index is 9.79. The lowest BCUT2D eigenvalue weighted by Crippen LogP contribution is -2.41. The van der Waals surface area contributed by atoms with Crippen LogP contribution < -0.4 is 0 Å². The number of aliphatic hydroxyl groups is 1. The molecule has 1 aliphatic rings. The van der Waals surface area contributed by atoms with Crippen LogP contribution in [0.4, 0.5) is 0 Å². The second-order valence-corrected chi connectivity index (χ2v) is 7.63. The second kappa shape index (κ2) is 6.91. The van der Waals surface area contributed by atoms with Gasteiger partial charge in [-0.25, -0.2) is 0 Å². The number of hydrogen-bond acceptors (Lipinski definition) is 4. The van der Waals surface area contributed by atoms with E-state index in [0.29, 0.717) is 5.47 Å². The van der Waals surface area contributed by atoms with Gasteiger partial charge in [-0.3, -0.25) is 0 Å². The predicted octanol–water partition coefficient (Wildman–Crippen LogP) is 4.07. The Labute approximate surface area is 155 Å². The molecule has 136 valence electrons. The molecular weight excluding hydrogens is 327 g/mol. The van der Waals surface area contributed by atoms with Crippen LogP contribution in [-0.4, -0.2) is 35.1 Å². The molecule has 3 rings (SSSR count). The Morgan fingerprint density at radius 3 is 1.81 bits per heavy atom. The van der Waals surface area contributed by atoms with Crippen LogP contribution in [0, 0.1) is 0 Å². The van der Waals surface area contributed by atoms with E-state index in [-0.39, 0.29) is 12.4 Å². The number of phenolic OH excluding ortho intramolecular Hbond substituents is 1. The first-order valence-electron chi connectivity index (χ1n) is 8.78. The molecule has 0 bridgehead atoms. The molecular formula is C21H25BO4. The van der Waals surface area contributed by atoms with Gasteiger partial charge in [-0.15, -0.1) is 0 Å². The molecule has 0 aromatic heterocycles. The van der Waals surface area contributed by atoms with E-state index < -0.39 is 18.3 Å². The summed E-state index contributed by atoms with van der Waals surface area (Å²) < 4.78 is 12.0. The normalized spacial score (nSPS) is 19.0. The summed E-state index contributed by atoms with van der Waals surface area (Å²) in [4.78, 5) is 0. The third kappa shape index (κ3) is 3.70. The third-order valence-corrected chi connectivity index (χ3v) is 5.20. The summed E-state index contributed by atoms with van der Waals surface area (Å²) >= 11 is 0. The third-order valence-electron chi connectivity index (χ3n) is 5.20. The van der Waals surface area contributed by atoms with Crippen LogP contribution in [0.3, 0.4) is 0 Å². The minimum atomic E-state index is -0.554. The summed E-state index contributed by atoms with van der Waals surface area (Å²) in [5, 5.41) is 19.2. The van der Waals surface area contributed by atoms with Crippen molar-refractivity contribution in [3.05, 3.63) is 59.6 Å². The van der Waals surface area contributed by atoms with Crippen molar-refractivity contribution in [2.75, 3.05) is 6.61 Å². The average Bonchev–Trinajstić information content (AvgIpc) is 2.81. The van der Waals surface area contributed by atoms with Gasteiger partial charge in [-0.1, -0.05) is 42.5 Å². The van der Waals surface area contributed by atoms with Gasteiger partial charge in [0.25, 0.3) is 0 Å². The summed E-state index contributed by atoms with van der Waals surface area (Å²) in [6.45, 7) is 7.85. The Kier molecular flexibility index (Phi) is 4.97. The van der Waals surface area contributed by atoms with Gasteiger partial charge in [0, 0.05) is 0 Å². The number of hydrogen-bond donors (Lipinski definition) is 2. The van der Waals surface area contributed by atoms with Gasteiger partial charge in [0.15, 0.2) is 0 Å². The Bertz CT molecular complexity index is 776. The van der Waals surface area contributed by atoms with E-state index in [0.717, 1.165) is 16.7 Å². The van der Waals surface area contributed by atoms with E-state index in [4.69, 9.17) is 9.31 Å². The molecule has 0 atom stereocenters. The van der Waals surface area contributed by atoms with Gasteiger partial charge in [0.05, 0.1) is 17.8 Å². The number of phenols is 1. The van der Waals surface area contributed by atoms with Crippen LogP contribution in [0.1, 0.15) is 33.3 Å². The fraction of sp³-hybridized carbons (Fsp3) is 0.333. The fourth-order valence-electron chi connectivity index (χ4n) is 2.82. The number of aliphatic hydroxyl groups excluding tert-OH is 1. The molecule has 0 amide bonds. The predicted molar refractivity (Wildman–Crippen MR) is 105 cm³/mol. The van der Waals surface area contributed by atoms with Crippen molar-refractivity contribution in [1.82, 2.24) is 0 Å². The minimum absolute atomic E-state index is 0.128. The first kappa shape index (κ1) is 18.7. The summed E-state index contributed by atoms with van der Waals surface area (Å²) in [7, 11) is -0.554. The average molecular weight is 352 g/mol. The van der Waals surface area contributed by atoms with Crippen molar-refractivity contribution >= 4 is 13.2 Å². The van der Waals surface area contributed by atoms with Crippen molar-refractivity contribution < 1.29 is 19.5 Å². The van der Waals surface area contributed by atoms with E-state index in [9.17, 15) is 10.2 Å². The second-order valence-electron chi connectivity index (χ2n) is 7.63. The first-order chi connectivity index (χ1) is 12.2. The number of rotatable bonds is 4. The first-order valence-corrected chi connectivity index (χ1v) is 8.78. The fourth-order valence-corrected chi connectivity index (χ4v) is 2.82. The lowest BCUT2D eigenvalue weighted by atomic mass is 9.77. The molecule has 1 aliphatic heterocycles. The lowest BCUT2D eigenvalue weighted by Gasteiger charge is -2.32. The minimum Gasteiger partial charge on any atom is -0.508 e. The van der Waals surface area contributed by atoms with Crippen LogP contribution in [0.15, 0.2) is 54.0 Å². The van der Waals surface area contributed by atoms with Crippen molar-refractivity contribution in [2.45, 2.75) is 38.9 Å². The quantitative estimate of drug-likeness (QED) is 0.815. The zero-order valence-corrected chi connectivity index (χ0v) is 15.7. The maximum absolute atomic E-state index is 9.79. The standard InChI is InChI=1S/C21H25BO4/c1-20(2)21(3,4)26-22(25-20)18(14-23)13-15-5-7-16(8-6-15)17-9-11-19(24)12-10-17/h5-13,23-24H,14H2,1-4H3. The highest BCUT2D eigenvalue weighted by Crippen LogP contribution is 2.38. The molecule has 1 heterocycles. The zero-order chi connectivity index (χ0) is 18.9. The lowest BCUT2D eigenvalue weighted by molar-refractivity contribution is 0.00578. The summed E-state index contributed by atoms with van der Waals surface area (Å²) in [6.07, 6.45) is 1.91. The van der Waals surface area contributed by atoms with Crippen molar-refractivity contribution in [2.24, 2.45) is 0 Å². The Morgan fingerprint density at radius 1 is 0.885 bits per heavy atom. The SMILES string of the molecule is CC1(C)OB(C(=Cc2ccc(-c3ccc(O)cc3)cc2)CO)OC1(C)C. The van der Waals surface area contributed by atoms with E-state index in [2.05, 4.69) is 0 Å². The molecule has 0 spiro atoms. The molecule has 0 saturated carbocycles. The topological polar surface area (TPSA) is 58.9 Å². The largest absolute Gasteiger partial charge is 0.508 e. The van der Waals surface area contributed by atoms with Gasteiger partial charge < -0.3 is 19.5 Å². The maximum Gasteiger partial charge on any atom is 0.492 e. The Hall–Kier alpha value is -2.08. The van der Waals surface area contributed by atoms with Gasteiger partial charge in [-0.05, 0) is 62.0 Å². The highest BCUT2D eigenvalue weighted by Gasteiger charge is 2.52. The number of aromatic hydroxyl groups is 1. The van der Waals surface area contributed by atoms with E-state index in [1.165, 1.54) is 0 Å². The smallest absolute Gasteiger partial charge is 0.492 e. The molecule has 4 nitrogen and oxygen atoms in total. The van der Waals surface area contributed by atoms with E-state index in [1.807, 2.05) is 70.2 Å². The molecule has 1 fully saturated rings. The summed E-state index contributed by atoms with van der Waals surface area (Å²) in [6, 6.07) is 15.1.